The van der Waals surface area contributed by atoms with Gasteiger partial charge in [0, 0.05) is 0 Å². The number of rotatable bonds is 0. The number of halogens is 1. The van der Waals surface area contributed by atoms with Crippen LogP contribution >= 0.6 is 11.6 Å². The van der Waals surface area contributed by atoms with Crippen LogP contribution in [0.3, 0.4) is 0 Å². The second-order valence-electron chi connectivity index (χ2n) is 3.00. The minimum absolute atomic E-state index is 0.466. The molecule has 0 aliphatic heterocycles. The highest BCUT2D eigenvalue weighted by atomic mass is 35.5. The van der Waals surface area contributed by atoms with Crippen molar-refractivity contribution >= 4 is 17.2 Å². The molecule has 2 aromatic heterocycles. The first-order valence-electron chi connectivity index (χ1n) is 4.05. The maximum absolute atomic E-state index is 8.80. The number of nitrogens with zero attached hydrogens (tertiary/aromatic N) is 4. The summed E-state index contributed by atoms with van der Waals surface area (Å²) < 4.78 is 1.58. The Labute approximate surface area is 85.7 Å². The van der Waals surface area contributed by atoms with Gasteiger partial charge in [-0.15, -0.1) is 0 Å². The summed E-state index contributed by atoms with van der Waals surface area (Å²) in [4.78, 5) is 4.21. The van der Waals surface area contributed by atoms with E-state index in [2.05, 4.69) is 10.1 Å². The van der Waals surface area contributed by atoms with Crippen molar-refractivity contribution in [3.8, 4) is 6.07 Å². The quantitative estimate of drug-likeness (QED) is 0.661. The van der Waals surface area contributed by atoms with Crippen molar-refractivity contribution in [1.29, 1.82) is 5.26 Å². The minimum atomic E-state index is 0.466. The second-order valence-corrected chi connectivity index (χ2v) is 3.38. The van der Waals surface area contributed by atoms with E-state index in [-0.39, 0.29) is 0 Å². The third-order valence-corrected chi connectivity index (χ3v) is 2.64. The maximum Gasteiger partial charge on any atom is 0.173 e. The van der Waals surface area contributed by atoms with Gasteiger partial charge in [0.2, 0.25) is 0 Å². The van der Waals surface area contributed by atoms with Gasteiger partial charge in [-0.05, 0) is 13.8 Å². The molecule has 0 aliphatic rings. The number of fused-ring (bicyclic) bond motifs is 1. The van der Waals surface area contributed by atoms with Gasteiger partial charge in [0.1, 0.15) is 11.6 Å². The highest BCUT2D eigenvalue weighted by Crippen LogP contribution is 2.20. The zero-order chi connectivity index (χ0) is 10.3. The van der Waals surface area contributed by atoms with Crippen molar-refractivity contribution in [3.05, 3.63) is 28.2 Å². The molecule has 0 spiro atoms. The molecule has 2 rings (SSSR count). The van der Waals surface area contributed by atoms with Gasteiger partial charge >= 0.3 is 0 Å². The largest absolute Gasteiger partial charge is 0.231 e. The van der Waals surface area contributed by atoms with E-state index in [1.807, 2.05) is 19.9 Å². The molecular weight excluding hydrogens is 200 g/mol. The normalized spacial score (nSPS) is 10.4. The Balaban J connectivity index is 2.95. The van der Waals surface area contributed by atoms with Gasteiger partial charge in [0.05, 0.1) is 22.6 Å². The average Bonchev–Trinajstić information content (AvgIpc) is 2.57. The zero-order valence-corrected chi connectivity index (χ0v) is 8.50. The van der Waals surface area contributed by atoms with E-state index in [1.54, 1.807) is 4.52 Å². The first-order valence-corrected chi connectivity index (χ1v) is 4.43. The molecule has 0 saturated carbocycles. The molecule has 14 heavy (non-hydrogen) atoms. The van der Waals surface area contributed by atoms with Crippen molar-refractivity contribution in [1.82, 2.24) is 14.6 Å². The Morgan fingerprint density at radius 3 is 2.86 bits per heavy atom. The summed E-state index contributed by atoms with van der Waals surface area (Å²) in [5.74, 6) is 0. The summed E-state index contributed by atoms with van der Waals surface area (Å²) in [6, 6.07) is 2.03. The van der Waals surface area contributed by atoms with Crippen molar-refractivity contribution in [2.45, 2.75) is 13.8 Å². The van der Waals surface area contributed by atoms with Crippen LogP contribution < -0.4 is 0 Å². The zero-order valence-electron chi connectivity index (χ0n) is 7.74. The fourth-order valence-electron chi connectivity index (χ4n) is 1.34. The van der Waals surface area contributed by atoms with E-state index in [4.69, 9.17) is 16.9 Å². The van der Waals surface area contributed by atoms with Gasteiger partial charge < -0.3 is 0 Å². The molecule has 0 radical (unpaired) electrons. The van der Waals surface area contributed by atoms with Crippen molar-refractivity contribution in [3.63, 3.8) is 0 Å². The van der Waals surface area contributed by atoms with Gasteiger partial charge in [-0.25, -0.2) is 9.50 Å². The lowest BCUT2D eigenvalue weighted by Crippen LogP contribution is -1.99. The van der Waals surface area contributed by atoms with E-state index < -0.39 is 0 Å². The average molecular weight is 207 g/mol. The molecule has 4 nitrogen and oxygen atoms in total. The first-order chi connectivity index (χ1) is 6.65. The van der Waals surface area contributed by atoms with Crippen LogP contribution in [0.4, 0.5) is 0 Å². The van der Waals surface area contributed by atoms with E-state index in [9.17, 15) is 0 Å². The predicted molar refractivity (Wildman–Crippen MR) is 52.2 cm³/mol. The Kier molecular flexibility index (Phi) is 1.90. The fourth-order valence-corrected chi connectivity index (χ4v) is 1.46. The molecule has 2 heterocycles. The molecule has 70 valence electrons. The minimum Gasteiger partial charge on any atom is -0.231 e. The lowest BCUT2D eigenvalue weighted by molar-refractivity contribution is 0.886. The number of aromatic nitrogens is 3. The standard InChI is InChI=1S/C9H7ClN4/c1-5-8(10)6(2)14-9(13-5)7(3-11)4-12-14/h4H,1-2H3. The molecule has 0 aromatic carbocycles. The highest BCUT2D eigenvalue weighted by Gasteiger charge is 2.11. The van der Waals surface area contributed by atoms with Gasteiger partial charge in [0.25, 0.3) is 0 Å². The summed E-state index contributed by atoms with van der Waals surface area (Å²) in [6.45, 7) is 3.65. The van der Waals surface area contributed by atoms with Crippen molar-refractivity contribution < 1.29 is 0 Å². The number of nitriles is 1. The van der Waals surface area contributed by atoms with Crippen LogP contribution in [0, 0.1) is 25.2 Å². The molecule has 0 amide bonds. The lowest BCUT2D eigenvalue weighted by atomic mass is 10.3. The summed E-state index contributed by atoms with van der Waals surface area (Å²) in [7, 11) is 0. The van der Waals surface area contributed by atoms with Crippen LogP contribution in [0.2, 0.25) is 5.02 Å². The summed E-state index contributed by atoms with van der Waals surface area (Å²) in [5.41, 5.74) is 2.55. The Hall–Kier alpha value is -1.60. The van der Waals surface area contributed by atoms with Crippen LogP contribution in [0.25, 0.3) is 5.65 Å². The molecule has 0 bridgehead atoms. The third-order valence-electron chi connectivity index (χ3n) is 2.09. The van der Waals surface area contributed by atoms with Crippen molar-refractivity contribution in [2.24, 2.45) is 0 Å². The van der Waals surface area contributed by atoms with Crippen LogP contribution in [-0.2, 0) is 0 Å². The molecular formula is C9H7ClN4. The molecule has 2 aromatic rings. The van der Waals surface area contributed by atoms with Gasteiger partial charge in [-0.1, -0.05) is 11.6 Å². The molecule has 0 atom stereocenters. The second kappa shape index (κ2) is 2.96. The molecule has 0 aliphatic carbocycles. The number of hydrogen-bond acceptors (Lipinski definition) is 3. The van der Waals surface area contributed by atoms with E-state index in [0.717, 1.165) is 5.69 Å². The number of hydrogen-bond donors (Lipinski definition) is 0. The fraction of sp³-hybridized carbons (Fsp3) is 0.222. The van der Waals surface area contributed by atoms with Gasteiger partial charge in [0.15, 0.2) is 5.65 Å². The van der Waals surface area contributed by atoms with Gasteiger partial charge in [-0.2, -0.15) is 10.4 Å². The summed E-state index contributed by atoms with van der Waals surface area (Å²) in [5, 5.41) is 13.4. The highest BCUT2D eigenvalue weighted by molar-refractivity contribution is 6.31. The summed E-state index contributed by atoms with van der Waals surface area (Å²) >= 11 is 6.00. The Bertz CT molecular complexity index is 550. The van der Waals surface area contributed by atoms with Crippen LogP contribution in [-0.4, -0.2) is 14.6 Å². The molecule has 0 unspecified atom stereocenters. The molecule has 0 N–H and O–H groups in total. The van der Waals surface area contributed by atoms with Crippen LogP contribution in [0.5, 0.6) is 0 Å². The third kappa shape index (κ3) is 1.06. The molecule has 0 saturated heterocycles. The van der Waals surface area contributed by atoms with Crippen molar-refractivity contribution in [2.75, 3.05) is 0 Å². The van der Waals surface area contributed by atoms with E-state index in [1.165, 1.54) is 6.20 Å². The van der Waals surface area contributed by atoms with Crippen LogP contribution in [0.15, 0.2) is 6.20 Å². The topological polar surface area (TPSA) is 54.0 Å². The van der Waals surface area contributed by atoms with E-state index >= 15 is 0 Å². The smallest absolute Gasteiger partial charge is 0.173 e. The monoisotopic (exact) mass is 206 g/mol. The maximum atomic E-state index is 8.80. The SMILES string of the molecule is Cc1nc2c(C#N)cnn2c(C)c1Cl. The number of aryl methyl sites for hydroxylation is 2. The predicted octanol–water partition coefficient (Wildman–Crippen LogP) is 1.87. The Morgan fingerprint density at radius 2 is 2.21 bits per heavy atom. The van der Waals surface area contributed by atoms with Gasteiger partial charge in [-0.3, -0.25) is 0 Å². The molecule has 0 fully saturated rings. The van der Waals surface area contributed by atoms with Crippen LogP contribution in [0.1, 0.15) is 17.0 Å². The molecule has 5 heteroatoms. The first kappa shape index (κ1) is 8.97. The Morgan fingerprint density at radius 1 is 1.50 bits per heavy atom. The lowest BCUT2D eigenvalue weighted by Gasteiger charge is -2.03. The van der Waals surface area contributed by atoms with E-state index in [0.29, 0.717) is 21.9 Å². The summed E-state index contributed by atoms with van der Waals surface area (Å²) in [6.07, 6.45) is 1.49.